The molecule has 1 rings (SSSR count). The molecule has 0 heterocycles. The number of carbonyl (C=O) groups excluding carboxylic acids is 1. The number of allylic oxidation sites excluding steroid dienone is 3. The fraction of sp³-hybridized carbons (Fsp3) is 0.400. The van der Waals surface area contributed by atoms with Crippen LogP contribution in [0, 0.1) is 11.5 Å². The van der Waals surface area contributed by atoms with Gasteiger partial charge in [0.05, 0.1) is 7.11 Å². The molecule has 1 aliphatic rings. The molecule has 0 amide bonds. The van der Waals surface area contributed by atoms with Crippen molar-refractivity contribution < 1.29 is 9.53 Å². The summed E-state index contributed by atoms with van der Waals surface area (Å²) in [5.74, 6) is -0.321. The Hall–Kier alpha value is -1.56. The van der Waals surface area contributed by atoms with Crippen LogP contribution in [0.25, 0.3) is 4.85 Å². The lowest BCUT2D eigenvalue weighted by molar-refractivity contribution is -0.146. The van der Waals surface area contributed by atoms with E-state index in [1.165, 1.54) is 7.11 Å². The highest BCUT2D eigenvalue weighted by atomic mass is 16.5. The normalized spacial score (nSPS) is 24.8. The van der Waals surface area contributed by atoms with E-state index in [4.69, 9.17) is 4.74 Å². The molecule has 0 bridgehead atoms. The molecule has 0 saturated carbocycles. The summed E-state index contributed by atoms with van der Waals surface area (Å²) in [7, 11) is 2.96. The van der Waals surface area contributed by atoms with Crippen LogP contribution in [-0.2, 0) is 9.53 Å². The van der Waals surface area contributed by atoms with Crippen molar-refractivity contribution in [1.82, 2.24) is 0 Å². The molecule has 0 aliphatic heterocycles. The van der Waals surface area contributed by atoms with Crippen molar-refractivity contribution in [3.8, 4) is 6.07 Å². The van der Waals surface area contributed by atoms with Gasteiger partial charge in [0.25, 0.3) is 13.1 Å². The number of hydrogen-bond donors (Lipinski definition) is 0. The molecule has 0 aromatic rings. The lowest BCUT2D eigenvalue weighted by Gasteiger charge is -2.16. The van der Waals surface area contributed by atoms with Gasteiger partial charge in [-0.1, -0.05) is 23.1 Å². The number of carbonyl (C=O) groups is 1. The third kappa shape index (κ3) is 1.78. The molecule has 1 atom stereocenters. The summed E-state index contributed by atoms with van der Waals surface area (Å²) in [5.41, 5.74) is -0.807. The Balaban J connectivity index is 2.99. The first-order chi connectivity index (χ1) is 6.25. The standard InChI is InChI=1S/C10H12NO2/c1-11-8-10(9(12)13-2)6-4-3-5-7-10/h3-6H,7H2,1-2H3/q+1. The van der Waals surface area contributed by atoms with Crippen molar-refractivity contribution in [3.63, 3.8) is 0 Å². The van der Waals surface area contributed by atoms with E-state index in [2.05, 4.69) is 10.9 Å². The molecule has 1 unspecified atom stereocenters. The number of nitrogens with zero attached hydrogens (tertiary/aromatic N) is 1. The molecule has 0 saturated heterocycles. The molecule has 1 aliphatic carbocycles. The van der Waals surface area contributed by atoms with Gasteiger partial charge in [-0.25, -0.2) is 4.79 Å². The zero-order chi connectivity index (χ0) is 9.73. The summed E-state index contributed by atoms with van der Waals surface area (Å²) in [6.07, 6.45) is 7.91. The van der Waals surface area contributed by atoms with Gasteiger partial charge in [0.1, 0.15) is 0 Å². The Kier molecular flexibility index (Phi) is 2.86. The van der Waals surface area contributed by atoms with Crippen LogP contribution in [-0.4, -0.2) is 20.1 Å². The third-order valence-corrected chi connectivity index (χ3v) is 1.93. The average Bonchev–Trinajstić information content (AvgIpc) is 2.18. The van der Waals surface area contributed by atoms with Gasteiger partial charge in [0.15, 0.2) is 0 Å². The smallest absolute Gasteiger partial charge is 0.335 e. The summed E-state index contributed by atoms with van der Waals surface area (Å²) in [6.45, 7) is 0. The van der Waals surface area contributed by atoms with Crippen LogP contribution in [0.3, 0.4) is 0 Å². The van der Waals surface area contributed by atoms with Crippen LogP contribution in [0.2, 0.25) is 0 Å². The van der Waals surface area contributed by atoms with Crippen LogP contribution in [0.4, 0.5) is 0 Å². The monoisotopic (exact) mass is 178 g/mol. The average molecular weight is 178 g/mol. The maximum absolute atomic E-state index is 11.4. The second kappa shape index (κ2) is 3.90. The van der Waals surface area contributed by atoms with Gasteiger partial charge in [0.2, 0.25) is 5.41 Å². The first kappa shape index (κ1) is 9.53. The molecule has 0 aromatic carbocycles. The van der Waals surface area contributed by atoms with Crippen molar-refractivity contribution in [3.05, 3.63) is 29.1 Å². The molecule has 0 aromatic heterocycles. The lowest BCUT2D eigenvalue weighted by Crippen LogP contribution is -2.29. The van der Waals surface area contributed by atoms with Gasteiger partial charge in [-0.3, -0.25) is 0 Å². The van der Waals surface area contributed by atoms with E-state index in [1.54, 1.807) is 19.2 Å². The number of ether oxygens (including phenoxy) is 1. The molecule has 0 radical (unpaired) electrons. The van der Waals surface area contributed by atoms with Crippen molar-refractivity contribution >= 4 is 5.97 Å². The lowest BCUT2D eigenvalue weighted by atomic mass is 9.83. The van der Waals surface area contributed by atoms with Crippen molar-refractivity contribution in [1.29, 1.82) is 0 Å². The van der Waals surface area contributed by atoms with Gasteiger partial charge < -0.3 is 4.74 Å². The predicted molar refractivity (Wildman–Crippen MR) is 50.5 cm³/mol. The minimum absolute atomic E-state index is 0.321. The fourth-order valence-electron chi connectivity index (χ4n) is 1.28. The minimum atomic E-state index is -0.807. The number of methoxy groups -OCH3 is 1. The van der Waals surface area contributed by atoms with E-state index >= 15 is 0 Å². The molecule has 3 nitrogen and oxygen atoms in total. The number of esters is 1. The summed E-state index contributed by atoms with van der Waals surface area (Å²) >= 11 is 0. The third-order valence-electron chi connectivity index (χ3n) is 1.93. The fourth-order valence-corrected chi connectivity index (χ4v) is 1.28. The van der Waals surface area contributed by atoms with E-state index in [1.807, 2.05) is 12.2 Å². The van der Waals surface area contributed by atoms with E-state index in [9.17, 15) is 4.79 Å². The summed E-state index contributed by atoms with van der Waals surface area (Å²) in [6, 6.07) is 2.76. The van der Waals surface area contributed by atoms with Gasteiger partial charge >= 0.3 is 5.97 Å². The number of rotatable bonds is 1. The largest absolute Gasteiger partial charge is 0.467 e. The Morgan fingerprint density at radius 1 is 1.62 bits per heavy atom. The quantitative estimate of drug-likeness (QED) is 0.571. The summed E-state index contributed by atoms with van der Waals surface area (Å²) < 4.78 is 4.70. The van der Waals surface area contributed by atoms with Gasteiger partial charge in [-0.05, 0) is 6.08 Å². The molecular formula is C10H12NO2+. The SMILES string of the molecule is C[N+]#CC1(C(=O)OC)C=CC=CC1. The van der Waals surface area contributed by atoms with Crippen LogP contribution < -0.4 is 0 Å². The predicted octanol–water partition coefficient (Wildman–Crippen LogP) is 1.62. The maximum Gasteiger partial charge on any atom is 0.335 e. The summed E-state index contributed by atoms with van der Waals surface area (Å²) in [5, 5.41) is 0. The first-order valence-electron chi connectivity index (χ1n) is 4.04. The van der Waals surface area contributed by atoms with Gasteiger partial charge in [-0.15, -0.1) is 0 Å². The molecule has 0 N–H and O–H groups in total. The highest BCUT2D eigenvalue weighted by Crippen LogP contribution is 2.28. The highest BCUT2D eigenvalue weighted by molar-refractivity contribution is 5.83. The maximum atomic E-state index is 11.4. The van der Waals surface area contributed by atoms with E-state index in [0.29, 0.717) is 6.42 Å². The second-order valence-corrected chi connectivity index (χ2v) is 2.79. The van der Waals surface area contributed by atoms with Gasteiger partial charge in [-0.2, -0.15) is 0 Å². The highest BCUT2D eigenvalue weighted by Gasteiger charge is 2.41. The summed E-state index contributed by atoms with van der Waals surface area (Å²) in [4.78, 5) is 15.2. The van der Waals surface area contributed by atoms with Crippen LogP contribution in [0.5, 0.6) is 0 Å². The van der Waals surface area contributed by atoms with Crippen LogP contribution in [0.1, 0.15) is 6.42 Å². The first-order valence-corrected chi connectivity index (χ1v) is 4.04. The number of hydrogen-bond acceptors (Lipinski definition) is 2. The molecule has 0 fully saturated rings. The topological polar surface area (TPSA) is 30.7 Å². The zero-order valence-corrected chi connectivity index (χ0v) is 7.78. The molecule has 68 valence electrons. The Morgan fingerprint density at radius 3 is 2.85 bits per heavy atom. The van der Waals surface area contributed by atoms with Crippen molar-refractivity contribution in [2.45, 2.75) is 6.42 Å². The molecular weight excluding hydrogens is 166 g/mol. The van der Waals surface area contributed by atoms with Crippen molar-refractivity contribution in [2.24, 2.45) is 5.41 Å². The Bertz CT molecular complexity index is 320. The molecule has 3 heteroatoms. The van der Waals surface area contributed by atoms with E-state index in [0.717, 1.165) is 0 Å². The van der Waals surface area contributed by atoms with E-state index < -0.39 is 5.41 Å². The molecule has 13 heavy (non-hydrogen) atoms. The van der Waals surface area contributed by atoms with Crippen molar-refractivity contribution in [2.75, 3.05) is 14.2 Å². The van der Waals surface area contributed by atoms with Gasteiger partial charge in [0, 0.05) is 6.42 Å². The Morgan fingerprint density at radius 2 is 2.38 bits per heavy atom. The second-order valence-electron chi connectivity index (χ2n) is 2.79. The van der Waals surface area contributed by atoms with E-state index in [-0.39, 0.29) is 5.97 Å². The minimum Gasteiger partial charge on any atom is -0.467 e. The Labute approximate surface area is 77.5 Å². The molecule has 0 spiro atoms. The van der Waals surface area contributed by atoms with Crippen LogP contribution >= 0.6 is 0 Å². The van der Waals surface area contributed by atoms with Crippen LogP contribution in [0.15, 0.2) is 24.3 Å². The zero-order valence-electron chi connectivity index (χ0n) is 7.78.